The van der Waals surface area contributed by atoms with Crippen molar-refractivity contribution in [1.82, 2.24) is 21.3 Å². The van der Waals surface area contributed by atoms with Gasteiger partial charge in [0, 0.05) is 25.4 Å². The maximum absolute atomic E-state index is 13.3. The minimum absolute atomic E-state index is 0.118. The Morgan fingerprint density at radius 2 is 1.78 bits per heavy atom. The van der Waals surface area contributed by atoms with Crippen molar-refractivity contribution in [3.63, 3.8) is 0 Å². The van der Waals surface area contributed by atoms with E-state index in [1.54, 1.807) is 37.3 Å². The van der Waals surface area contributed by atoms with E-state index in [4.69, 9.17) is 4.74 Å². The van der Waals surface area contributed by atoms with Gasteiger partial charge in [-0.3, -0.25) is 19.2 Å². The number of benzene rings is 1. The maximum Gasteiger partial charge on any atom is 0.408 e. The van der Waals surface area contributed by atoms with Gasteiger partial charge in [-0.15, -0.1) is 0 Å². The highest BCUT2D eigenvalue weighted by atomic mass is 19.3. The Morgan fingerprint density at radius 3 is 2.32 bits per heavy atom. The molecule has 1 aromatic carbocycles. The van der Waals surface area contributed by atoms with Crippen LogP contribution in [0.5, 0.6) is 0 Å². The Labute approximate surface area is 214 Å². The molecule has 4 amide bonds. The fraction of sp³-hybridized carbons (Fsp3) is 0.560. The zero-order valence-electron chi connectivity index (χ0n) is 21.1. The molecule has 10 nitrogen and oxygen atoms in total. The van der Waals surface area contributed by atoms with E-state index in [2.05, 4.69) is 21.3 Å². The topological polar surface area (TPSA) is 143 Å². The molecule has 0 saturated carbocycles. The summed E-state index contributed by atoms with van der Waals surface area (Å²) in [6, 6.07) is 5.65. The third-order valence-corrected chi connectivity index (χ3v) is 5.96. The molecule has 0 aliphatic carbocycles. The molecule has 0 spiro atoms. The first-order chi connectivity index (χ1) is 17.5. The standard InChI is InChI=1S/C25H34F2N4O6/c1-4-28-24(35)20(32)17(13-16-10-11-29-22(16)33)30-23(34)18(12-15-8-6-5-7-9-15)37-25(36)31-19(14(2)3)21(26)27/h5-9,14,16-19,21H,4,10-13H2,1-3H3,(H,28,35)(H,29,33)(H,30,34)(H,31,36)/t16-,17-,18-,19?/m0/s1. The number of carbonyl (C=O) groups is 5. The number of rotatable bonds is 13. The number of Topliss-reactive ketones (excluding diaryl/α,β-unsaturated/α-hetero) is 1. The van der Waals surface area contributed by atoms with Crippen molar-refractivity contribution < 1.29 is 37.5 Å². The molecule has 0 radical (unpaired) electrons. The molecule has 1 aromatic rings. The van der Waals surface area contributed by atoms with Gasteiger partial charge >= 0.3 is 6.09 Å². The van der Waals surface area contributed by atoms with Crippen molar-refractivity contribution in [3.05, 3.63) is 35.9 Å². The summed E-state index contributed by atoms with van der Waals surface area (Å²) in [5.41, 5.74) is 0.603. The van der Waals surface area contributed by atoms with Crippen LogP contribution in [-0.2, 0) is 30.3 Å². The molecule has 1 heterocycles. The molecule has 4 atom stereocenters. The van der Waals surface area contributed by atoms with Gasteiger partial charge in [0.2, 0.25) is 11.7 Å². The number of hydrogen-bond acceptors (Lipinski definition) is 6. The van der Waals surface area contributed by atoms with Crippen LogP contribution in [0.4, 0.5) is 13.6 Å². The van der Waals surface area contributed by atoms with Crippen LogP contribution in [0.15, 0.2) is 30.3 Å². The minimum atomic E-state index is -2.86. The highest BCUT2D eigenvalue weighted by Gasteiger charge is 2.36. The van der Waals surface area contributed by atoms with Gasteiger partial charge in [0.25, 0.3) is 18.2 Å². The molecule has 1 aliphatic rings. The van der Waals surface area contributed by atoms with Crippen LogP contribution in [0, 0.1) is 11.8 Å². The Bertz CT molecular complexity index is 952. The molecule has 1 unspecified atom stereocenters. The molecule has 204 valence electrons. The summed E-state index contributed by atoms with van der Waals surface area (Å²) in [5, 5.41) is 9.54. The van der Waals surface area contributed by atoms with E-state index < -0.39 is 60.1 Å². The number of ketones is 1. The van der Waals surface area contributed by atoms with E-state index in [1.165, 1.54) is 13.8 Å². The van der Waals surface area contributed by atoms with Gasteiger partial charge in [-0.2, -0.15) is 0 Å². The molecular weight excluding hydrogens is 490 g/mol. The van der Waals surface area contributed by atoms with Crippen LogP contribution in [0.1, 0.15) is 39.2 Å². The van der Waals surface area contributed by atoms with E-state index in [0.717, 1.165) is 0 Å². The second-order valence-electron chi connectivity index (χ2n) is 9.13. The van der Waals surface area contributed by atoms with Crippen LogP contribution in [0.3, 0.4) is 0 Å². The predicted molar refractivity (Wildman–Crippen MR) is 130 cm³/mol. The molecular formula is C25H34F2N4O6. The molecule has 0 bridgehead atoms. The number of ether oxygens (including phenoxy) is 1. The summed E-state index contributed by atoms with van der Waals surface area (Å²) in [5.74, 6) is -4.29. The molecule has 1 aliphatic heterocycles. The largest absolute Gasteiger partial charge is 0.436 e. The van der Waals surface area contributed by atoms with Crippen molar-refractivity contribution in [2.45, 2.75) is 64.6 Å². The lowest BCUT2D eigenvalue weighted by Gasteiger charge is -2.25. The number of alkyl carbamates (subject to hydrolysis) is 1. The van der Waals surface area contributed by atoms with Crippen molar-refractivity contribution >= 4 is 29.6 Å². The lowest BCUT2D eigenvalue weighted by molar-refractivity contribution is -0.141. The third kappa shape index (κ3) is 9.10. The zero-order valence-corrected chi connectivity index (χ0v) is 21.1. The highest BCUT2D eigenvalue weighted by Crippen LogP contribution is 2.18. The van der Waals surface area contributed by atoms with Crippen LogP contribution < -0.4 is 21.3 Å². The normalized spacial score (nSPS) is 17.5. The fourth-order valence-electron chi connectivity index (χ4n) is 3.89. The lowest BCUT2D eigenvalue weighted by Crippen LogP contribution is -2.53. The summed E-state index contributed by atoms with van der Waals surface area (Å²) in [4.78, 5) is 62.8. The molecule has 4 N–H and O–H groups in total. The Balaban J connectivity index is 2.24. The van der Waals surface area contributed by atoms with Crippen molar-refractivity contribution in [3.8, 4) is 0 Å². The van der Waals surface area contributed by atoms with Gasteiger partial charge in [-0.1, -0.05) is 44.2 Å². The number of carbonyl (C=O) groups excluding carboxylic acids is 5. The van der Waals surface area contributed by atoms with Gasteiger partial charge in [-0.25, -0.2) is 13.6 Å². The average Bonchev–Trinajstić information content (AvgIpc) is 3.25. The number of likely N-dealkylation sites (N-methyl/N-ethyl adjacent to an activating group) is 1. The number of nitrogens with one attached hydrogen (secondary N) is 4. The number of alkyl halides is 2. The smallest absolute Gasteiger partial charge is 0.408 e. The van der Waals surface area contributed by atoms with Crippen LogP contribution in [0.25, 0.3) is 0 Å². The summed E-state index contributed by atoms with van der Waals surface area (Å²) < 4.78 is 31.9. The first kappa shape index (κ1) is 29.7. The van der Waals surface area contributed by atoms with Gasteiger partial charge in [-0.05, 0) is 31.2 Å². The van der Waals surface area contributed by atoms with E-state index in [1.807, 2.05) is 0 Å². The van der Waals surface area contributed by atoms with Gasteiger partial charge < -0.3 is 26.0 Å². The average molecular weight is 525 g/mol. The summed E-state index contributed by atoms with van der Waals surface area (Å²) >= 11 is 0. The molecule has 1 fully saturated rings. The monoisotopic (exact) mass is 524 g/mol. The van der Waals surface area contributed by atoms with E-state index in [-0.39, 0.29) is 25.3 Å². The van der Waals surface area contributed by atoms with Crippen LogP contribution in [-0.4, -0.2) is 67.3 Å². The number of hydrogen-bond donors (Lipinski definition) is 4. The molecule has 12 heteroatoms. The summed E-state index contributed by atoms with van der Waals surface area (Å²) in [6.07, 6.45) is -5.41. The SMILES string of the molecule is CCNC(=O)C(=O)[C@H](C[C@@H]1CCNC1=O)NC(=O)[C@H](Cc1ccccc1)OC(=O)NC(C(C)C)C(F)F. The maximum atomic E-state index is 13.3. The molecule has 1 saturated heterocycles. The number of halogens is 2. The van der Waals surface area contributed by atoms with E-state index in [0.29, 0.717) is 18.5 Å². The fourth-order valence-corrected chi connectivity index (χ4v) is 3.89. The highest BCUT2D eigenvalue weighted by molar-refractivity contribution is 6.38. The van der Waals surface area contributed by atoms with Gasteiger partial charge in [0.15, 0.2) is 6.10 Å². The van der Waals surface area contributed by atoms with Crippen molar-refractivity contribution in [1.29, 1.82) is 0 Å². The summed E-state index contributed by atoms with van der Waals surface area (Å²) in [6.45, 7) is 5.20. The second-order valence-corrected chi connectivity index (χ2v) is 9.13. The second kappa shape index (κ2) is 14.2. The first-order valence-corrected chi connectivity index (χ1v) is 12.2. The zero-order chi connectivity index (χ0) is 27.5. The predicted octanol–water partition coefficient (Wildman–Crippen LogP) is 1.33. The Kier molecular flexibility index (Phi) is 11.4. The van der Waals surface area contributed by atoms with Crippen molar-refractivity contribution in [2.75, 3.05) is 13.1 Å². The lowest BCUT2D eigenvalue weighted by atomic mass is 9.95. The van der Waals surface area contributed by atoms with Crippen LogP contribution >= 0.6 is 0 Å². The Morgan fingerprint density at radius 1 is 1.11 bits per heavy atom. The summed E-state index contributed by atoms with van der Waals surface area (Å²) in [7, 11) is 0. The molecule has 2 rings (SSSR count). The quantitative estimate of drug-likeness (QED) is 0.287. The van der Waals surface area contributed by atoms with Gasteiger partial charge in [0.05, 0.1) is 12.1 Å². The van der Waals surface area contributed by atoms with E-state index >= 15 is 0 Å². The number of amides is 4. The first-order valence-electron chi connectivity index (χ1n) is 12.2. The Hall–Kier alpha value is -3.57. The third-order valence-electron chi connectivity index (χ3n) is 5.96. The van der Waals surface area contributed by atoms with Crippen molar-refractivity contribution in [2.24, 2.45) is 11.8 Å². The van der Waals surface area contributed by atoms with Crippen LogP contribution in [0.2, 0.25) is 0 Å². The molecule has 0 aromatic heterocycles. The minimum Gasteiger partial charge on any atom is -0.436 e. The molecule has 37 heavy (non-hydrogen) atoms. The van der Waals surface area contributed by atoms with Gasteiger partial charge in [0.1, 0.15) is 0 Å². The van der Waals surface area contributed by atoms with E-state index in [9.17, 15) is 32.8 Å².